The van der Waals surface area contributed by atoms with Crippen LogP contribution in [0.1, 0.15) is 22.5 Å². The molecule has 1 N–H and O–H groups in total. The van der Waals surface area contributed by atoms with Crippen LogP contribution >= 0.6 is 23.1 Å². The minimum absolute atomic E-state index is 0.0619. The molecule has 6 nitrogen and oxygen atoms in total. The van der Waals surface area contributed by atoms with E-state index in [1.807, 2.05) is 31.2 Å². The smallest absolute Gasteiger partial charge is 0.258 e. The molecule has 0 bridgehead atoms. The standard InChI is InChI=1S/C20H19N5OS2/c1-12-7-8-16(13(2)9-12)22-19-23-24-20(28-19)27-11-15-10-18(26)25-14(3)5-4-6-17(25)21-15/h4-10H,11H2,1-3H3,(H,22,23). The van der Waals surface area contributed by atoms with Gasteiger partial charge in [0.15, 0.2) is 4.34 Å². The third-order valence-electron chi connectivity index (χ3n) is 4.31. The van der Waals surface area contributed by atoms with Crippen LogP contribution in [0.3, 0.4) is 0 Å². The van der Waals surface area contributed by atoms with Crippen LogP contribution in [0.15, 0.2) is 51.6 Å². The molecule has 3 aromatic heterocycles. The summed E-state index contributed by atoms with van der Waals surface area (Å²) in [4.78, 5) is 17.0. The van der Waals surface area contributed by atoms with Crippen LogP contribution in [-0.2, 0) is 5.75 Å². The number of hydrogen-bond donors (Lipinski definition) is 1. The summed E-state index contributed by atoms with van der Waals surface area (Å²) in [7, 11) is 0. The van der Waals surface area contributed by atoms with Crippen molar-refractivity contribution in [2.45, 2.75) is 30.9 Å². The lowest BCUT2D eigenvalue weighted by Gasteiger charge is -2.06. The molecule has 0 aliphatic rings. The van der Waals surface area contributed by atoms with E-state index in [2.05, 4.69) is 46.5 Å². The number of benzene rings is 1. The molecule has 0 aliphatic heterocycles. The first-order valence-electron chi connectivity index (χ1n) is 8.78. The number of pyridine rings is 1. The van der Waals surface area contributed by atoms with Crippen molar-refractivity contribution < 1.29 is 0 Å². The first-order valence-corrected chi connectivity index (χ1v) is 10.6. The van der Waals surface area contributed by atoms with Crippen LogP contribution in [-0.4, -0.2) is 19.6 Å². The van der Waals surface area contributed by atoms with Gasteiger partial charge in [-0.2, -0.15) is 0 Å². The Bertz CT molecular complexity index is 1210. The Balaban J connectivity index is 1.47. The fourth-order valence-corrected chi connectivity index (χ4v) is 4.62. The molecule has 0 atom stereocenters. The maximum Gasteiger partial charge on any atom is 0.258 e. The van der Waals surface area contributed by atoms with Crippen molar-refractivity contribution in [1.82, 2.24) is 19.6 Å². The number of anilines is 2. The topological polar surface area (TPSA) is 72.2 Å². The van der Waals surface area contributed by atoms with Gasteiger partial charge in [0.1, 0.15) is 5.65 Å². The number of nitrogens with one attached hydrogen (secondary N) is 1. The van der Waals surface area contributed by atoms with E-state index < -0.39 is 0 Å². The van der Waals surface area contributed by atoms with Crippen LogP contribution in [0.5, 0.6) is 0 Å². The molecular formula is C20H19N5OS2. The molecule has 0 saturated heterocycles. The second kappa shape index (κ2) is 7.73. The number of thioether (sulfide) groups is 1. The zero-order valence-electron chi connectivity index (χ0n) is 15.8. The Morgan fingerprint density at radius 1 is 1.11 bits per heavy atom. The lowest BCUT2D eigenvalue weighted by atomic mass is 10.1. The van der Waals surface area contributed by atoms with E-state index in [1.54, 1.807) is 10.5 Å². The van der Waals surface area contributed by atoms with E-state index in [4.69, 9.17) is 0 Å². The van der Waals surface area contributed by atoms with E-state index in [1.165, 1.54) is 34.2 Å². The molecule has 8 heteroatoms. The van der Waals surface area contributed by atoms with E-state index in [0.29, 0.717) is 11.4 Å². The number of aryl methyl sites for hydroxylation is 3. The molecule has 0 fully saturated rings. The maximum absolute atomic E-state index is 12.4. The van der Waals surface area contributed by atoms with Gasteiger partial charge in [-0.15, -0.1) is 10.2 Å². The number of nitrogens with zero attached hydrogens (tertiary/aromatic N) is 4. The summed E-state index contributed by atoms with van der Waals surface area (Å²) < 4.78 is 2.45. The van der Waals surface area contributed by atoms with Crippen molar-refractivity contribution >= 4 is 39.6 Å². The highest BCUT2D eigenvalue weighted by Crippen LogP contribution is 2.30. The molecule has 142 valence electrons. The lowest BCUT2D eigenvalue weighted by Crippen LogP contribution is -2.17. The van der Waals surface area contributed by atoms with Crippen LogP contribution in [0.2, 0.25) is 0 Å². The molecule has 0 aliphatic carbocycles. The van der Waals surface area contributed by atoms with E-state index >= 15 is 0 Å². The normalized spacial score (nSPS) is 11.1. The van der Waals surface area contributed by atoms with Gasteiger partial charge in [-0.3, -0.25) is 9.20 Å². The molecule has 0 saturated carbocycles. The van der Waals surface area contributed by atoms with Gasteiger partial charge >= 0.3 is 0 Å². The predicted octanol–water partition coefficient (Wildman–Crippen LogP) is 4.51. The van der Waals surface area contributed by atoms with Gasteiger partial charge in [0.2, 0.25) is 5.13 Å². The summed E-state index contributed by atoms with van der Waals surface area (Å²) in [5.74, 6) is 0.567. The zero-order valence-corrected chi connectivity index (χ0v) is 17.4. The molecular weight excluding hydrogens is 390 g/mol. The van der Waals surface area contributed by atoms with Crippen molar-refractivity contribution in [3.63, 3.8) is 0 Å². The van der Waals surface area contributed by atoms with Gasteiger partial charge < -0.3 is 5.32 Å². The summed E-state index contributed by atoms with van der Waals surface area (Å²) in [5.41, 5.74) is 5.63. The minimum Gasteiger partial charge on any atom is -0.330 e. The molecule has 1 aromatic carbocycles. The fraction of sp³-hybridized carbons (Fsp3) is 0.200. The van der Waals surface area contributed by atoms with Gasteiger partial charge in [0, 0.05) is 23.2 Å². The quantitative estimate of drug-likeness (QED) is 0.489. The Morgan fingerprint density at radius 3 is 2.79 bits per heavy atom. The van der Waals surface area contributed by atoms with Crippen molar-refractivity contribution in [2.75, 3.05) is 5.32 Å². The highest BCUT2D eigenvalue weighted by molar-refractivity contribution is 8.00. The Kier molecular flexibility index (Phi) is 5.15. The molecule has 4 aromatic rings. The van der Waals surface area contributed by atoms with Gasteiger partial charge in [0.05, 0.1) is 5.69 Å². The van der Waals surface area contributed by atoms with Crippen LogP contribution in [0, 0.1) is 20.8 Å². The van der Waals surface area contributed by atoms with Crippen molar-refractivity contribution in [3.05, 3.63) is 75.3 Å². The van der Waals surface area contributed by atoms with Crippen molar-refractivity contribution in [1.29, 1.82) is 0 Å². The largest absolute Gasteiger partial charge is 0.330 e. The SMILES string of the molecule is Cc1ccc(Nc2nnc(SCc3cc(=O)n4c(C)cccc4n3)s2)c(C)c1. The monoisotopic (exact) mass is 409 g/mol. The average molecular weight is 410 g/mol. The summed E-state index contributed by atoms with van der Waals surface area (Å²) in [6.45, 7) is 6.04. The van der Waals surface area contributed by atoms with Gasteiger partial charge in [-0.25, -0.2) is 4.98 Å². The molecule has 0 amide bonds. The fourth-order valence-electron chi connectivity index (χ4n) is 2.96. The molecule has 0 spiro atoms. The maximum atomic E-state index is 12.4. The molecule has 0 unspecified atom stereocenters. The highest BCUT2D eigenvalue weighted by Gasteiger charge is 2.09. The minimum atomic E-state index is -0.0619. The number of rotatable bonds is 5. The third-order valence-corrected chi connectivity index (χ3v) is 6.31. The average Bonchev–Trinajstić information content (AvgIpc) is 3.10. The van der Waals surface area contributed by atoms with Gasteiger partial charge in [0.25, 0.3) is 5.56 Å². The molecule has 0 radical (unpaired) electrons. The summed E-state index contributed by atoms with van der Waals surface area (Å²) in [6.07, 6.45) is 0. The Morgan fingerprint density at radius 2 is 1.96 bits per heavy atom. The number of hydrogen-bond acceptors (Lipinski definition) is 7. The van der Waals surface area contributed by atoms with Crippen LogP contribution in [0.25, 0.3) is 5.65 Å². The zero-order chi connectivity index (χ0) is 19.7. The van der Waals surface area contributed by atoms with E-state index in [0.717, 1.165) is 26.5 Å². The van der Waals surface area contributed by atoms with Crippen LogP contribution < -0.4 is 10.9 Å². The number of fused-ring (bicyclic) bond motifs is 1. The van der Waals surface area contributed by atoms with Gasteiger partial charge in [-0.05, 0) is 44.5 Å². The van der Waals surface area contributed by atoms with Crippen LogP contribution in [0.4, 0.5) is 10.8 Å². The molecule has 28 heavy (non-hydrogen) atoms. The first-order chi connectivity index (χ1) is 13.5. The summed E-state index contributed by atoms with van der Waals surface area (Å²) >= 11 is 3.02. The molecule has 4 rings (SSSR count). The second-order valence-corrected chi connectivity index (χ2v) is 8.75. The van der Waals surface area contributed by atoms with Crippen molar-refractivity contribution in [3.8, 4) is 0 Å². The number of aromatic nitrogens is 4. The Labute approximate surface area is 170 Å². The van der Waals surface area contributed by atoms with E-state index in [-0.39, 0.29) is 5.56 Å². The van der Waals surface area contributed by atoms with E-state index in [9.17, 15) is 4.79 Å². The third kappa shape index (κ3) is 3.93. The second-order valence-electron chi connectivity index (χ2n) is 6.55. The highest BCUT2D eigenvalue weighted by atomic mass is 32.2. The summed E-state index contributed by atoms with van der Waals surface area (Å²) in [6, 6.07) is 13.5. The Hall–Kier alpha value is -2.71. The van der Waals surface area contributed by atoms with Gasteiger partial charge in [-0.1, -0.05) is 46.9 Å². The molecule has 3 heterocycles. The first kappa shape index (κ1) is 18.6. The lowest BCUT2D eigenvalue weighted by molar-refractivity contribution is 0.967. The van der Waals surface area contributed by atoms with Crippen molar-refractivity contribution in [2.24, 2.45) is 0 Å². The summed E-state index contributed by atoms with van der Waals surface area (Å²) in [5, 5.41) is 12.5. The predicted molar refractivity (Wildman–Crippen MR) is 115 cm³/mol.